The lowest BCUT2D eigenvalue weighted by molar-refractivity contribution is 0.622. The number of nitrogens with two attached hydrogens (primary N) is 1. The number of nitrogens with one attached hydrogen (secondary N) is 1. The zero-order valence-corrected chi connectivity index (χ0v) is 11.7. The predicted octanol–water partition coefficient (Wildman–Crippen LogP) is 3.05. The lowest BCUT2D eigenvalue weighted by Gasteiger charge is -2.21. The highest BCUT2D eigenvalue weighted by molar-refractivity contribution is 5.95. The van der Waals surface area contributed by atoms with E-state index in [0.717, 1.165) is 5.56 Å². The summed E-state index contributed by atoms with van der Waals surface area (Å²) in [5.74, 6) is -0.495. The number of aryl methyl sites for hydroxylation is 1. The Balaban J connectivity index is 2.23. The summed E-state index contributed by atoms with van der Waals surface area (Å²) in [6.45, 7) is 2.67. The maximum absolute atomic E-state index is 14.1. The van der Waals surface area contributed by atoms with E-state index in [9.17, 15) is 4.39 Å². The molecule has 0 aliphatic heterocycles. The molecule has 0 aliphatic rings. The van der Waals surface area contributed by atoms with Gasteiger partial charge in [-0.1, -0.05) is 24.3 Å². The molecule has 0 spiro atoms. The Morgan fingerprint density at radius 2 is 1.95 bits per heavy atom. The van der Waals surface area contributed by atoms with Crippen LogP contribution in [0.5, 0.6) is 0 Å². The van der Waals surface area contributed by atoms with Gasteiger partial charge in [-0.25, -0.2) is 4.39 Å². The SMILES string of the molecule is Cc1ccccc1CN(C)c1ccc(C(=N)N)cc1F. The highest BCUT2D eigenvalue weighted by Gasteiger charge is 2.10. The number of nitrogen functional groups attached to an aromatic ring is 1. The summed E-state index contributed by atoms with van der Waals surface area (Å²) in [6.07, 6.45) is 0. The van der Waals surface area contributed by atoms with Crippen molar-refractivity contribution in [3.8, 4) is 0 Å². The molecule has 0 aliphatic carbocycles. The Morgan fingerprint density at radius 3 is 2.55 bits per heavy atom. The number of hydrogen-bond acceptors (Lipinski definition) is 2. The number of rotatable bonds is 4. The van der Waals surface area contributed by atoms with Crippen molar-refractivity contribution in [2.45, 2.75) is 13.5 Å². The third kappa shape index (κ3) is 2.96. The number of hydrogen-bond donors (Lipinski definition) is 2. The third-order valence-electron chi connectivity index (χ3n) is 3.34. The first-order valence-corrected chi connectivity index (χ1v) is 6.38. The van der Waals surface area contributed by atoms with Gasteiger partial charge in [0.15, 0.2) is 0 Å². The normalized spacial score (nSPS) is 10.3. The van der Waals surface area contributed by atoms with Gasteiger partial charge in [0.05, 0.1) is 5.69 Å². The van der Waals surface area contributed by atoms with E-state index < -0.39 is 0 Å². The Kier molecular flexibility index (Phi) is 4.03. The average molecular weight is 271 g/mol. The standard InChI is InChI=1S/C16H18FN3/c1-11-5-3-4-6-13(11)10-20(2)15-8-7-12(16(18)19)9-14(15)17/h3-9H,10H2,1-2H3,(H3,18,19). The maximum atomic E-state index is 14.1. The van der Waals surface area contributed by atoms with Gasteiger partial charge >= 0.3 is 0 Å². The molecule has 2 aromatic rings. The minimum atomic E-state index is -0.367. The van der Waals surface area contributed by atoms with E-state index >= 15 is 0 Å². The van der Waals surface area contributed by atoms with Crippen LogP contribution in [0.25, 0.3) is 0 Å². The number of amidine groups is 1. The van der Waals surface area contributed by atoms with E-state index in [4.69, 9.17) is 11.1 Å². The Hall–Kier alpha value is -2.36. The summed E-state index contributed by atoms with van der Waals surface area (Å²) < 4.78 is 14.1. The topological polar surface area (TPSA) is 53.1 Å². The van der Waals surface area contributed by atoms with E-state index in [2.05, 4.69) is 0 Å². The van der Waals surface area contributed by atoms with E-state index in [-0.39, 0.29) is 11.7 Å². The van der Waals surface area contributed by atoms with E-state index in [1.54, 1.807) is 12.1 Å². The highest BCUT2D eigenvalue weighted by Crippen LogP contribution is 2.22. The maximum Gasteiger partial charge on any atom is 0.147 e. The zero-order chi connectivity index (χ0) is 14.7. The average Bonchev–Trinajstić information content (AvgIpc) is 2.41. The Bertz CT molecular complexity index is 637. The first-order valence-electron chi connectivity index (χ1n) is 6.38. The molecule has 2 rings (SSSR count). The van der Waals surface area contributed by atoms with Crippen molar-refractivity contribution in [2.75, 3.05) is 11.9 Å². The molecule has 0 fully saturated rings. The van der Waals surface area contributed by atoms with Crippen molar-refractivity contribution in [3.05, 3.63) is 65.0 Å². The van der Waals surface area contributed by atoms with E-state index in [1.807, 2.05) is 43.1 Å². The molecular formula is C16H18FN3. The van der Waals surface area contributed by atoms with Crippen LogP contribution in [0.1, 0.15) is 16.7 Å². The molecule has 0 bridgehead atoms. The first-order chi connectivity index (χ1) is 9.49. The Morgan fingerprint density at radius 1 is 1.25 bits per heavy atom. The molecule has 0 aromatic heterocycles. The van der Waals surface area contributed by atoms with Gasteiger partial charge in [0.1, 0.15) is 11.7 Å². The molecule has 0 heterocycles. The summed E-state index contributed by atoms with van der Waals surface area (Å²) >= 11 is 0. The van der Waals surface area contributed by atoms with Crippen LogP contribution in [0.2, 0.25) is 0 Å². The van der Waals surface area contributed by atoms with Crippen LogP contribution >= 0.6 is 0 Å². The van der Waals surface area contributed by atoms with Crippen molar-refractivity contribution in [3.63, 3.8) is 0 Å². The molecule has 104 valence electrons. The Labute approximate surface area is 118 Å². The van der Waals surface area contributed by atoms with Crippen molar-refractivity contribution in [2.24, 2.45) is 5.73 Å². The molecule has 0 saturated heterocycles. The first kappa shape index (κ1) is 14.1. The molecule has 0 amide bonds. The summed E-state index contributed by atoms with van der Waals surface area (Å²) in [5.41, 5.74) is 8.59. The van der Waals surface area contributed by atoms with Crippen molar-refractivity contribution >= 4 is 11.5 Å². The van der Waals surface area contributed by atoms with Crippen LogP contribution in [-0.2, 0) is 6.54 Å². The quantitative estimate of drug-likeness (QED) is 0.663. The largest absolute Gasteiger partial charge is 0.384 e. The van der Waals surface area contributed by atoms with E-state index in [1.165, 1.54) is 11.6 Å². The monoisotopic (exact) mass is 271 g/mol. The number of benzene rings is 2. The van der Waals surface area contributed by atoms with Gasteiger partial charge in [-0.15, -0.1) is 0 Å². The van der Waals surface area contributed by atoms with Crippen molar-refractivity contribution in [1.82, 2.24) is 0 Å². The lowest BCUT2D eigenvalue weighted by atomic mass is 10.1. The smallest absolute Gasteiger partial charge is 0.147 e. The fraction of sp³-hybridized carbons (Fsp3) is 0.188. The fourth-order valence-corrected chi connectivity index (χ4v) is 2.11. The van der Waals surface area contributed by atoms with Gasteiger partial charge in [0.25, 0.3) is 0 Å². The van der Waals surface area contributed by atoms with Crippen molar-refractivity contribution < 1.29 is 4.39 Å². The molecule has 0 radical (unpaired) electrons. The highest BCUT2D eigenvalue weighted by atomic mass is 19.1. The summed E-state index contributed by atoms with van der Waals surface area (Å²) in [7, 11) is 1.85. The fourth-order valence-electron chi connectivity index (χ4n) is 2.11. The van der Waals surface area contributed by atoms with Crippen LogP contribution in [0, 0.1) is 18.2 Å². The summed E-state index contributed by atoms with van der Waals surface area (Å²) in [4.78, 5) is 1.85. The molecule has 2 aromatic carbocycles. The molecular weight excluding hydrogens is 253 g/mol. The van der Waals surface area contributed by atoms with Crippen LogP contribution in [-0.4, -0.2) is 12.9 Å². The minimum absolute atomic E-state index is 0.128. The van der Waals surface area contributed by atoms with Crippen molar-refractivity contribution in [1.29, 1.82) is 5.41 Å². The van der Waals surface area contributed by atoms with Gasteiger partial charge in [0.2, 0.25) is 0 Å². The molecule has 0 atom stereocenters. The predicted molar refractivity (Wildman–Crippen MR) is 80.7 cm³/mol. The molecule has 4 heteroatoms. The van der Waals surface area contributed by atoms with E-state index in [0.29, 0.717) is 17.8 Å². The number of nitrogens with zero attached hydrogens (tertiary/aromatic N) is 1. The van der Waals surface area contributed by atoms with Gasteiger partial charge in [-0.3, -0.25) is 5.41 Å². The lowest BCUT2D eigenvalue weighted by Crippen LogP contribution is -2.19. The van der Waals surface area contributed by atoms with Gasteiger partial charge in [-0.2, -0.15) is 0 Å². The van der Waals surface area contributed by atoms with Gasteiger partial charge < -0.3 is 10.6 Å². The summed E-state index contributed by atoms with van der Waals surface area (Å²) in [5, 5.41) is 7.31. The molecule has 0 saturated carbocycles. The second-order valence-corrected chi connectivity index (χ2v) is 4.86. The molecule has 0 unspecified atom stereocenters. The third-order valence-corrected chi connectivity index (χ3v) is 3.34. The van der Waals surface area contributed by atoms with Gasteiger partial charge in [-0.05, 0) is 36.2 Å². The molecule has 3 N–H and O–H groups in total. The molecule has 20 heavy (non-hydrogen) atoms. The van der Waals surface area contributed by atoms with Crippen LogP contribution in [0.15, 0.2) is 42.5 Å². The second-order valence-electron chi connectivity index (χ2n) is 4.86. The number of anilines is 1. The second kappa shape index (κ2) is 5.74. The van der Waals surface area contributed by atoms with Crippen LogP contribution < -0.4 is 10.6 Å². The number of halogens is 1. The van der Waals surface area contributed by atoms with Gasteiger partial charge in [0, 0.05) is 19.2 Å². The van der Waals surface area contributed by atoms with Crippen LogP contribution in [0.3, 0.4) is 0 Å². The zero-order valence-electron chi connectivity index (χ0n) is 11.7. The molecule has 3 nitrogen and oxygen atoms in total. The minimum Gasteiger partial charge on any atom is -0.384 e. The van der Waals surface area contributed by atoms with Crippen LogP contribution in [0.4, 0.5) is 10.1 Å². The summed E-state index contributed by atoms with van der Waals surface area (Å²) in [6, 6.07) is 12.7.